The smallest absolute Gasteiger partial charge is 0.0570 e. The highest BCUT2D eigenvalue weighted by Gasteiger charge is 2.05. The van der Waals surface area contributed by atoms with E-state index >= 15 is 0 Å². The van der Waals surface area contributed by atoms with Crippen LogP contribution in [-0.2, 0) is 0 Å². The quantitative estimate of drug-likeness (QED) is 0.507. The molecule has 0 bridgehead atoms. The van der Waals surface area contributed by atoms with Gasteiger partial charge in [-0.05, 0) is 32.6 Å². The molecule has 1 aromatic carbocycles. The summed E-state index contributed by atoms with van der Waals surface area (Å²) in [5.41, 5.74) is 2.30. The second-order valence-corrected chi connectivity index (χ2v) is 3.88. The molecule has 1 aliphatic carbocycles. The highest BCUT2D eigenvalue weighted by atomic mass is 16.4. The van der Waals surface area contributed by atoms with E-state index in [9.17, 15) is 0 Å². The lowest BCUT2D eigenvalue weighted by atomic mass is 9.99. The van der Waals surface area contributed by atoms with E-state index in [1.165, 1.54) is 24.8 Å². The summed E-state index contributed by atoms with van der Waals surface area (Å²) in [7, 11) is 0. The van der Waals surface area contributed by atoms with Crippen molar-refractivity contribution in [1.29, 1.82) is 0 Å². The average molecular weight is 205 g/mol. The average Bonchev–Trinajstić information content (AvgIpc) is 2.32. The zero-order chi connectivity index (χ0) is 10.9. The van der Waals surface area contributed by atoms with E-state index in [0.717, 1.165) is 18.6 Å². The molecule has 1 aliphatic rings. The van der Waals surface area contributed by atoms with E-state index in [0.29, 0.717) is 0 Å². The van der Waals surface area contributed by atoms with E-state index in [1.54, 1.807) is 0 Å². The molecule has 0 unspecified atom stereocenters. The fraction of sp³-hybridized carbons (Fsp3) is 0.462. The Hall–Kier alpha value is -1.31. The van der Waals surface area contributed by atoms with Gasteiger partial charge in [-0.25, -0.2) is 0 Å². The van der Waals surface area contributed by atoms with Crippen LogP contribution in [0.1, 0.15) is 37.7 Å². The van der Waals surface area contributed by atoms with Gasteiger partial charge in [-0.3, -0.25) is 0 Å². The van der Waals surface area contributed by atoms with Gasteiger partial charge in [0, 0.05) is 0 Å². The van der Waals surface area contributed by atoms with Crippen LogP contribution in [-0.4, -0.2) is 10.9 Å². The molecule has 1 saturated carbocycles. The summed E-state index contributed by atoms with van der Waals surface area (Å²) >= 11 is 0. The van der Waals surface area contributed by atoms with Crippen LogP contribution in [0.3, 0.4) is 0 Å². The van der Waals surface area contributed by atoms with Crippen LogP contribution in [0, 0.1) is 6.92 Å². The number of nitrogens with zero attached hydrogens (tertiary/aromatic N) is 1. The second-order valence-electron chi connectivity index (χ2n) is 3.88. The largest absolute Gasteiger partial charge is 0.411 e. The van der Waals surface area contributed by atoms with Gasteiger partial charge < -0.3 is 5.21 Å². The topological polar surface area (TPSA) is 32.6 Å². The van der Waals surface area contributed by atoms with Crippen molar-refractivity contribution >= 4 is 5.71 Å². The van der Waals surface area contributed by atoms with E-state index in [4.69, 9.17) is 5.21 Å². The Kier molecular flexibility index (Phi) is 5.52. The molecular formula is C13H19NO. The summed E-state index contributed by atoms with van der Waals surface area (Å²) in [6, 6.07) is 10.3. The first kappa shape index (κ1) is 11.8. The van der Waals surface area contributed by atoms with Gasteiger partial charge >= 0.3 is 0 Å². The highest BCUT2D eigenvalue weighted by Crippen LogP contribution is 2.13. The number of hydrogen-bond donors (Lipinski definition) is 1. The number of rotatable bonds is 0. The molecule has 0 atom stereocenters. The maximum atomic E-state index is 8.28. The number of aryl methyl sites for hydroxylation is 1. The zero-order valence-electron chi connectivity index (χ0n) is 9.32. The summed E-state index contributed by atoms with van der Waals surface area (Å²) in [5, 5.41) is 11.4. The summed E-state index contributed by atoms with van der Waals surface area (Å²) in [5.74, 6) is 0. The van der Waals surface area contributed by atoms with Crippen LogP contribution in [0.15, 0.2) is 35.5 Å². The van der Waals surface area contributed by atoms with Crippen molar-refractivity contribution < 1.29 is 5.21 Å². The fourth-order valence-electron chi connectivity index (χ4n) is 1.59. The van der Waals surface area contributed by atoms with Crippen LogP contribution in [0.5, 0.6) is 0 Å². The lowest BCUT2D eigenvalue weighted by Gasteiger charge is -2.08. The normalized spacial score (nSPS) is 15.1. The molecule has 0 heterocycles. The van der Waals surface area contributed by atoms with E-state index in [2.05, 4.69) is 24.2 Å². The molecule has 1 aromatic rings. The fourth-order valence-corrected chi connectivity index (χ4v) is 1.59. The molecule has 82 valence electrons. The van der Waals surface area contributed by atoms with Crippen LogP contribution in [0.4, 0.5) is 0 Å². The molecule has 0 spiro atoms. The second kappa shape index (κ2) is 7.04. The summed E-state index contributed by atoms with van der Waals surface area (Å²) in [6.07, 6.45) is 5.74. The molecule has 0 aromatic heterocycles. The van der Waals surface area contributed by atoms with Crippen molar-refractivity contribution in [2.45, 2.75) is 39.0 Å². The van der Waals surface area contributed by atoms with Crippen LogP contribution in [0.2, 0.25) is 0 Å². The van der Waals surface area contributed by atoms with E-state index < -0.39 is 0 Å². The number of oxime groups is 1. The van der Waals surface area contributed by atoms with Gasteiger partial charge in [-0.1, -0.05) is 47.5 Å². The Morgan fingerprint density at radius 3 is 1.93 bits per heavy atom. The van der Waals surface area contributed by atoms with Gasteiger partial charge in [0.2, 0.25) is 0 Å². The molecule has 2 heteroatoms. The predicted molar refractivity (Wildman–Crippen MR) is 63.5 cm³/mol. The first-order valence-electron chi connectivity index (χ1n) is 5.54. The molecule has 0 saturated heterocycles. The Bertz CT molecular complexity index is 285. The maximum absolute atomic E-state index is 8.28. The molecule has 0 aliphatic heterocycles. The van der Waals surface area contributed by atoms with Crippen molar-refractivity contribution in [2.24, 2.45) is 5.16 Å². The molecule has 0 radical (unpaired) electrons. The van der Waals surface area contributed by atoms with Gasteiger partial charge in [-0.15, -0.1) is 0 Å². The third-order valence-electron chi connectivity index (χ3n) is 2.51. The zero-order valence-corrected chi connectivity index (χ0v) is 9.32. The molecular weight excluding hydrogens is 186 g/mol. The predicted octanol–water partition coefficient (Wildman–Crippen LogP) is 3.78. The first-order chi connectivity index (χ1) is 7.33. The van der Waals surface area contributed by atoms with Crippen LogP contribution < -0.4 is 0 Å². The number of benzene rings is 1. The SMILES string of the molecule is Cc1ccccc1.ON=C1CCCCC1. The summed E-state index contributed by atoms with van der Waals surface area (Å²) in [6.45, 7) is 2.08. The van der Waals surface area contributed by atoms with E-state index in [-0.39, 0.29) is 0 Å². The standard InChI is InChI=1S/C7H8.C6H11NO/c1-7-5-3-2-4-6-7;8-7-6-4-2-1-3-5-6/h2-6H,1H3;8H,1-5H2. The van der Waals surface area contributed by atoms with Gasteiger partial charge in [-0.2, -0.15) is 0 Å². The Morgan fingerprint density at radius 2 is 1.60 bits per heavy atom. The summed E-state index contributed by atoms with van der Waals surface area (Å²) < 4.78 is 0. The van der Waals surface area contributed by atoms with Crippen LogP contribution in [0.25, 0.3) is 0 Å². The Balaban J connectivity index is 0.000000151. The minimum absolute atomic E-state index is 0.983. The molecule has 1 N–H and O–H groups in total. The molecule has 1 fully saturated rings. The van der Waals surface area contributed by atoms with Gasteiger partial charge in [0.25, 0.3) is 0 Å². The lowest BCUT2D eigenvalue weighted by Crippen LogP contribution is -2.03. The lowest BCUT2D eigenvalue weighted by molar-refractivity contribution is 0.314. The van der Waals surface area contributed by atoms with Gasteiger partial charge in [0.15, 0.2) is 0 Å². The molecule has 2 nitrogen and oxygen atoms in total. The molecule has 2 rings (SSSR count). The third kappa shape index (κ3) is 5.21. The highest BCUT2D eigenvalue weighted by molar-refractivity contribution is 5.84. The minimum atomic E-state index is 0.983. The first-order valence-corrected chi connectivity index (χ1v) is 5.54. The van der Waals surface area contributed by atoms with Crippen molar-refractivity contribution in [3.63, 3.8) is 0 Å². The summed E-state index contributed by atoms with van der Waals surface area (Å²) in [4.78, 5) is 0. The van der Waals surface area contributed by atoms with Gasteiger partial charge in [0.1, 0.15) is 0 Å². The number of hydrogen-bond acceptors (Lipinski definition) is 2. The minimum Gasteiger partial charge on any atom is -0.411 e. The molecule has 15 heavy (non-hydrogen) atoms. The van der Waals surface area contributed by atoms with Crippen molar-refractivity contribution in [1.82, 2.24) is 0 Å². The van der Waals surface area contributed by atoms with E-state index in [1.807, 2.05) is 18.2 Å². The maximum Gasteiger partial charge on any atom is 0.0570 e. The Labute approximate surface area is 91.6 Å². The van der Waals surface area contributed by atoms with Gasteiger partial charge in [0.05, 0.1) is 5.71 Å². The van der Waals surface area contributed by atoms with Crippen LogP contribution >= 0.6 is 0 Å². The van der Waals surface area contributed by atoms with Crippen molar-refractivity contribution in [3.05, 3.63) is 35.9 Å². The Morgan fingerprint density at radius 1 is 1.00 bits per heavy atom. The molecule has 0 amide bonds. The van der Waals surface area contributed by atoms with Crippen molar-refractivity contribution in [2.75, 3.05) is 0 Å². The van der Waals surface area contributed by atoms with Crippen molar-refractivity contribution in [3.8, 4) is 0 Å². The third-order valence-corrected chi connectivity index (χ3v) is 2.51. The monoisotopic (exact) mass is 205 g/mol.